The number of nitrogens with zero attached hydrogens (tertiary/aromatic N) is 1. The van der Waals surface area contributed by atoms with Crippen molar-refractivity contribution in [3.8, 4) is 23.8 Å². The molecule has 0 atom stereocenters. The Labute approximate surface area is 180 Å². The van der Waals surface area contributed by atoms with Crippen LogP contribution in [0.3, 0.4) is 0 Å². The van der Waals surface area contributed by atoms with Gasteiger partial charge in [-0.25, -0.2) is 9.69 Å². The first-order valence-electron chi connectivity index (χ1n) is 9.68. The van der Waals surface area contributed by atoms with E-state index < -0.39 is 17.8 Å². The number of rotatable bonds is 6. The number of hydrogen-bond donors (Lipinski definition) is 1. The predicted molar refractivity (Wildman–Crippen MR) is 117 cm³/mol. The number of benzene rings is 2. The molecule has 1 N–H and O–H groups in total. The Morgan fingerprint density at radius 1 is 1.10 bits per heavy atom. The van der Waals surface area contributed by atoms with Crippen LogP contribution in [-0.4, -0.2) is 31.1 Å². The molecule has 1 fully saturated rings. The highest BCUT2D eigenvalue weighted by atomic mass is 16.5. The molecule has 4 amide bonds. The van der Waals surface area contributed by atoms with Crippen molar-refractivity contribution < 1.29 is 23.9 Å². The van der Waals surface area contributed by atoms with Gasteiger partial charge < -0.3 is 9.47 Å². The van der Waals surface area contributed by atoms with Crippen molar-refractivity contribution in [1.82, 2.24) is 5.32 Å². The SMILES string of the molecule is C#CCOc1ccc(/C=C2\C(=O)NC(=O)N(c3cccc(C)c3C)C2=O)cc1OCC. The number of ether oxygens (including phenoxy) is 2. The summed E-state index contributed by atoms with van der Waals surface area (Å²) >= 11 is 0. The highest BCUT2D eigenvalue weighted by Crippen LogP contribution is 2.31. The molecule has 0 radical (unpaired) electrons. The molecular weight excluding hydrogens is 396 g/mol. The van der Waals surface area contributed by atoms with Crippen LogP contribution in [-0.2, 0) is 9.59 Å². The van der Waals surface area contributed by atoms with Gasteiger partial charge in [-0.2, -0.15) is 0 Å². The van der Waals surface area contributed by atoms with Crippen molar-refractivity contribution in [3.63, 3.8) is 0 Å². The van der Waals surface area contributed by atoms with E-state index in [2.05, 4.69) is 11.2 Å². The summed E-state index contributed by atoms with van der Waals surface area (Å²) in [5, 5.41) is 2.24. The molecule has 1 heterocycles. The summed E-state index contributed by atoms with van der Waals surface area (Å²) in [7, 11) is 0. The lowest BCUT2D eigenvalue weighted by atomic mass is 10.0. The molecule has 3 rings (SSSR count). The highest BCUT2D eigenvalue weighted by Gasteiger charge is 2.37. The Balaban J connectivity index is 2.01. The first-order valence-corrected chi connectivity index (χ1v) is 9.68. The number of carbonyl (C=O) groups excluding carboxylic acids is 3. The molecule has 1 saturated heterocycles. The second-order valence-corrected chi connectivity index (χ2v) is 6.81. The molecule has 0 bridgehead atoms. The van der Waals surface area contributed by atoms with Gasteiger partial charge in [0.25, 0.3) is 11.8 Å². The smallest absolute Gasteiger partial charge is 0.335 e. The molecule has 158 valence electrons. The van der Waals surface area contributed by atoms with Crippen LogP contribution in [0.1, 0.15) is 23.6 Å². The average molecular weight is 418 g/mol. The van der Waals surface area contributed by atoms with Crippen LogP contribution in [0, 0.1) is 26.2 Å². The van der Waals surface area contributed by atoms with Crippen LogP contribution in [0.4, 0.5) is 10.5 Å². The fraction of sp³-hybridized carbons (Fsp3) is 0.208. The van der Waals surface area contributed by atoms with Crippen LogP contribution in [0.15, 0.2) is 42.0 Å². The molecule has 31 heavy (non-hydrogen) atoms. The van der Waals surface area contributed by atoms with Crippen LogP contribution < -0.4 is 19.7 Å². The van der Waals surface area contributed by atoms with Crippen molar-refractivity contribution >= 4 is 29.6 Å². The van der Waals surface area contributed by atoms with Gasteiger partial charge in [-0.05, 0) is 61.7 Å². The van der Waals surface area contributed by atoms with E-state index in [1.807, 2.05) is 26.8 Å². The molecule has 0 aromatic heterocycles. The van der Waals surface area contributed by atoms with Crippen LogP contribution in [0.5, 0.6) is 11.5 Å². The molecule has 0 spiro atoms. The number of hydrogen-bond acceptors (Lipinski definition) is 5. The Bertz CT molecular complexity index is 1130. The van der Waals surface area contributed by atoms with E-state index >= 15 is 0 Å². The van der Waals surface area contributed by atoms with E-state index in [0.717, 1.165) is 16.0 Å². The number of anilines is 1. The van der Waals surface area contributed by atoms with Gasteiger partial charge >= 0.3 is 6.03 Å². The van der Waals surface area contributed by atoms with Gasteiger partial charge in [0.15, 0.2) is 11.5 Å². The van der Waals surface area contributed by atoms with Crippen molar-refractivity contribution in [1.29, 1.82) is 0 Å². The van der Waals surface area contributed by atoms with Gasteiger partial charge in [-0.3, -0.25) is 14.9 Å². The van der Waals surface area contributed by atoms with E-state index in [4.69, 9.17) is 15.9 Å². The van der Waals surface area contributed by atoms with Gasteiger partial charge in [-0.1, -0.05) is 24.1 Å². The lowest BCUT2D eigenvalue weighted by molar-refractivity contribution is -0.122. The summed E-state index contributed by atoms with van der Waals surface area (Å²) in [5.41, 5.74) is 2.48. The first-order chi connectivity index (χ1) is 14.9. The quantitative estimate of drug-likeness (QED) is 0.442. The normalized spacial score (nSPS) is 15.0. The standard InChI is InChI=1S/C24H22N2O5/c1-5-12-31-20-11-10-17(14-21(20)30-6-2)13-18-22(27)25-24(29)26(23(18)28)19-9-7-8-15(3)16(19)4/h1,7-11,13-14H,6,12H2,2-4H3,(H,25,27,29)/b18-13+. The lowest BCUT2D eigenvalue weighted by Gasteiger charge is -2.28. The third kappa shape index (κ3) is 4.43. The third-order valence-corrected chi connectivity index (χ3v) is 4.81. The fourth-order valence-corrected chi connectivity index (χ4v) is 3.14. The zero-order valence-electron chi connectivity index (χ0n) is 17.5. The number of nitrogens with one attached hydrogen (secondary N) is 1. The van der Waals surface area contributed by atoms with Crippen molar-refractivity contribution in [3.05, 3.63) is 58.7 Å². The third-order valence-electron chi connectivity index (χ3n) is 4.81. The van der Waals surface area contributed by atoms with E-state index in [0.29, 0.717) is 29.4 Å². The number of barbiturate groups is 1. The highest BCUT2D eigenvalue weighted by molar-refractivity contribution is 6.39. The predicted octanol–water partition coefficient (Wildman–Crippen LogP) is 3.38. The molecule has 1 aliphatic rings. The molecule has 0 aliphatic carbocycles. The molecule has 1 aliphatic heterocycles. The summed E-state index contributed by atoms with van der Waals surface area (Å²) in [6.07, 6.45) is 6.65. The van der Waals surface area contributed by atoms with Crippen molar-refractivity contribution in [2.75, 3.05) is 18.1 Å². The number of imide groups is 2. The second-order valence-electron chi connectivity index (χ2n) is 6.81. The topological polar surface area (TPSA) is 84.9 Å². The van der Waals surface area contributed by atoms with Crippen molar-refractivity contribution in [2.24, 2.45) is 0 Å². The van der Waals surface area contributed by atoms with Crippen LogP contribution in [0.2, 0.25) is 0 Å². The minimum atomic E-state index is -0.783. The zero-order valence-corrected chi connectivity index (χ0v) is 17.5. The average Bonchev–Trinajstić information content (AvgIpc) is 2.73. The van der Waals surface area contributed by atoms with Gasteiger partial charge in [0.2, 0.25) is 0 Å². The summed E-state index contributed by atoms with van der Waals surface area (Å²) in [5.74, 6) is 1.80. The van der Waals surface area contributed by atoms with E-state index in [9.17, 15) is 14.4 Å². The Morgan fingerprint density at radius 2 is 1.87 bits per heavy atom. The summed E-state index contributed by atoms with van der Waals surface area (Å²) < 4.78 is 11.0. The fourth-order valence-electron chi connectivity index (χ4n) is 3.14. The second kappa shape index (κ2) is 9.18. The summed E-state index contributed by atoms with van der Waals surface area (Å²) in [4.78, 5) is 39.0. The number of aryl methyl sites for hydroxylation is 1. The number of carbonyl (C=O) groups is 3. The Hall–Kier alpha value is -4.05. The van der Waals surface area contributed by atoms with E-state index in [1.165, 1.54) is 6.08 Å². The molecule has 2 aromatic carbocycles. The molecule has 0 unspecified atom stereocenters. The summed E-state index contributed by atoms with van der Waals surface area (Å²) in [6, 6.07) is 9.47. The van der Waals surface area contributed by atoms with Crippen LogP contribution >= 0.6 is 0 Å². The zero-order chi connectivity index (χ0) is 22.5. The lowest BCUT2D eigenvalue weighted by Crippen LogP contribution is -2.54. The number of urea groups is 1. The maximum Gasteiger partial charge on any atom is 0.335 e. The minimum absolute atomic E-state index is 0.0777. The van der Waals surface area contributed by atoms with Gasteiger partial charge in [0.05, 0.1) is 12.3 Å². The van der Waals surface area contributed by atoms with Gasteiger partial charge in [-0.15, -0.1) is 6.42 Å². The largest absolute Gasteiger partial charge is 0.490 e. The molecule has 7 heteroatoms. The van der Waals surface area contributed by atoms with Crippen LogP contribution in [0.25, 0.3) is 6.08 Å². The first kappa shape index (κ1) is 21.7. The monoisotopic (exact) mass is 418 g/mol. The van der Waals surface area contributed by atoms with E-state index in [1.54, 1.807) is 30.3 Å². The molecular formula is C24H22N2O5. The number of terminal acetylenes is 1. The van der Waals surface area contributed by atoms with Gasteiger partial charge in [0, 0.05) is 0 Å². The minimum Gasteiger partial charge on any atom is -0.490 e. The summed E-state index contributed by atoms with van der Waals surface area (Å²) in [6.45, 7) is 5.98. The Kier molecular flexibility index (Phi) is 6.41. The molecule has 2 aromatic rings. The maximum absolute atomic E-state index is 13.1. The Morgan fingerprint density at radius 3 is 2.58 bits per heavy atom. The van der Waals surface area contributed by atoms with Gasteiger partial charge in [0.1, 0.15) is 12.2 Å². The maximum atomic E-state index is 13.1. The van der Waals surface area contributed by atoms with Crippen molar-refractivity contribution in [2.45, 2.75) is 20.8 Å². The molecule has 0 saturated carbocycles. The number of amides is 4. The van der Waals surface area contributed by atoms with E-state index in [-0.39, 0.29) is 12.2 Å². The molecule has 7 nitrogen and oxygen atoms in total.